The Balaban J connectivity index is 3.76. The summed E-state index contributed by atoms with van der Waals surface area (Å²) in [6, 6.07) is -0.906. The van der Waals surface area contributed by atoms with Crippen molar-refractivity contribution in [1.82, 2.24) is 5.32 Å². The summed E-state index contributed by atoms with van der Waals surface area (Å²) in [7, 11) is 0. The lowest BCUT2D eigenvalue weighted by Gasteiger charge is -2.15. The normalized spacial score (nSPS) is 13.4. The number of hydrogen-bond donors (Lipinski definition) is 4. The van der Waals surface area contributed by atoms with Crippen molar-refractivity contribution in [2.45, 2.75) is 83.9 Å². The zero-order valence-corrected chi connectivity index (χ0v) is 17.5. The van der Waals surface area contributed by atoms with Gasteiger partial charge in [0.05, 0.1) is 6.61 Å². The van der Waals surface area contributed by atoms with Gasteiger partial charge in [-0.2, -0.15) is 0 Å². The molecule has 0 aliphatic rings. The van der Waals surface area contributed by atoms with Gasteiger partial charge in [0.2, 0.25) is 0 Å². The largest absolute Gasteiger partial charge is 0.480 e. The van der Waals surface area contributed by atoms with E-state index in [1.807, 2.05) is 0 Å². The van der Waals surface area contributed by atoms with Crippen molar-refractivity contribution in [3.63, 3.8) is 0 Å². The molecule has 0 rings (SSSR count). The number of aliphatic imine (C=N–C) groups is 1. The number of unbranched alkanes of at least 4 members (excludes halogenated alkanes) is 4. The van der Waals surface area contributed by atoms with Gasteiger partial charge in [0.15, 0.2) is 12.2 Å². The molecule has 0 saturated heterocycles. The Labute approximate surface area is 172 Å². The van der Waals surface area contributed by atoms with E-state index < -0.39 is 18.2 Å². The molecule has 1 unspecified atom stereocenters. The van der Waals surface area contributed by atoms with Crippen LogP contribution in [0.3, 0.4) is 0 Å². The van der Waals surface area contributed by atoms with Crippen LogP contribution in [0.4, 0.5) is 0 Å². The van der Waals surface area contributed by atoms with Crippen LogP contribution in [0.2, 0.25) is 0 Å². The molecular weight excluding hydrogens is 380 g/mol. The third-order valence-electron chi connectivity index (χ3n) is 4.00. The molecule has 0 aromatic rings. The Kier molecular flexibility index (Phi) is 15.2. The molecule has 0 aliphatic heterocycles. The summed E-state index contributed by atoms with van der Waals surface area (Å²) < 4.78 is 10.1. The molecule has 0 radical (unpaired) electrons. The zero-order chi connectivity index (χ0) is 22.1. The number of aliphatic carboxylic acids is 1. The number of ether oxygens (including phenoxy) is 2. The van der Waals surface area contributed by atoms with Crippen molar-refractivity contribution in [3.05, 3.63) is 0 Å². The Morgan fingerprint density at radius 1 is 1.03 bits per heavy atom. The quantitative estimate of drug-likeness (QED) is 0.0952. The number of nitrogens with zero attached hydrogens (tertiary/aromatic N) is 1. The highest BCUT2D eigenvalue weighted by Crippen LogP contribution is 2.08. The molecule has 0 aromatic carbocycles. The van der Waals surface area contributed by atoms with Crippen molar-refractivity contribution in [1.29, 1.82) is 0 Å². The van der Waals surface area contributed by atoms with Crippen molar-refractivity contribution >= 4 is 23.9 Å². The molecule has 2 atom stereocenters. The molecule has 29 heavy (non-hydrogen) atoms. The number of esters is 2. The minimum absolute atomic E-state index is 0.121. The lowest BCUT2D eigenvalue weighted by Crippen LogP contribution is -2.41. The highest BCUT2D eigenvalue weighted by molar-refractivity contribution is 5.78. The van der Waals surface area contributed by atoms with E-state index in [0.717, 1.165) is 32.1 Å². The van der Waals surface area contributed by atoms with Gasteiger partial charge in [-0.1, -0.05) is 19.3 Å². The SMILES string of the molecule is CCOC(=O)CCCCCCCC(=O)OC(C)NC(N)=NCCC[C@H](N)C(=O)O. The fourth-order valence-corrected chi connectivity index (χ4v) is 2.48. The van der Waals surface area contributed by atoms with Gasteiger partial charge in [0.1, 0.15) is 6.04 Å². The fraction of sp³-hybridized carbons (Fsp3) is 0.789. The van der Waals surface area contributed by atoms with Crippen LogP contribution in [0.15, 0.2) is 4.99 Å². The average molecular weight is 417 g/mol. The van der Waals surface area contributed by atoms with E-state index >= 15 is 0 Å². The number of carbonyl (C=O) groups excluding carboxylic acids is 2. The van der Waals surface area contributed by atoms with Gasteiger partial charge in [-0.15, -0.1) is 0 Å². The van der Waals surface area contributed by atoms with Gasteiger partial charge in [-0.25, -0.2) is 0 Å². The molecule has 0 spiro atoms. The van der Waals surface area contributed by atoms with E-state index in [-0.39, 0.29) is 17.9 Å². The van der Waals surface area contributed by atoms with Crippen LogP contribution in [-0.2, 0) is 23.9 Å². The van der Waals surface area contributed by atoms with Crippen molar-refractivity contribution in [3.8, 4) is 0 Å². The third kappa shape index (κ3) is 16.3. The molecule has 0 amide bonds. The minimum atomic E-state index is -1.04. The van der Waals surface area contributed by atoms with Crippen LogP contribution in [0.25, 0.3) is 0 Å². The van der Waals surface area contributed by atoms with E-state index in [1.54, 1.807) is 13.8 Å². The zero-order valence-electron chi connectivity index (χ0n) is 17.5. The Hall–Kier alpha value is -2.36. The monoisotopic (exact) mass is 416 g/mol. The molecule has 0 aromatic heterocycles. The number of rotatable bonds is 16. The van der Waals surface area contributed by atoms with Gasteiger partial charge < -0.3 is 31.4 Å². The predicted octanol–water partition coefficient (Wildman–Crippen LogP) is 1.27. The number of carboxylic acid groups (broad SMARTS) is 1. The minimum Gasteiger partial charge on any atom is -0.480 e. The lowest BCUT2D eigenvalue weighted by molar-refractivity contribution is -0.149. The topological polar surface area (TPSA) is 166 Å². The van der Waals surface area contributed by atoms with Crippen LogP contribution in [0.5, 0.6) is 0 Å². The van der Waals surface area contributed by atoms with E-state index in [1.165, 1.54) is 0 Å². The van der Waals surface area contributed by atoms with E-state index in [9.17, 15) is 14.4 Å². The van der Waals surface area contributed by atoms with E-state index in [2.05, 4.69) is 10.3 Å². The van der Waals surface area contributed by atoms with Crippen LogP contribution >= 0.6 is 0 Å². The van der Waals surface area contributed by atoms with Gasteiger partial charge in [0, 0.05) is 19.4 Å². The number of guanidine groups is 1. The van der Waals surface area contributed by atoms with Crippen LogP contribution in [0, 0.1) is 0 Å². The molecule has 0 heterocycles. The highest BCUT2D eigenvalue weighted by atomic mass is 16.6. The molecule has 10 nitrogen and oxygen atoms in total. The second-order valence-corrected chi connectivity index (χ2v) is 6.70. The standard InChI is InChI=1S/C19H36N4O6/c1-3-28-16(24)11-7-5-4-6-8-12-17(25)29-14(2)23-19(21)22-13-9-10-15(20)18(26)27/h14-15H,3-13,20H2,1-2H3,(H,26,27)(H3,21,22,23)/t14?,15-/m0/s1. The van der Waals surface area contributed by atoms with Crippen molar-refractivity contribution in [2.75, 3.05) is 13.2 Å². The number of nitrogens with one attached hydrogen (secondary N) is 1. The summed E-state index contributed by atoms with van der Waals surface area (Å²) in [6.07, 6.45) is 5.22. The third-order valence-corrected chi connectivity index (χ3v) is 4.00. The molecule has 6 N–H and O–H groups in total. The molecule has 0 bridgehead atoms. The molecule has 0 aliphatic carbocycles. The molecular formula is C19H36N4O6. The van der Waals surface area contributed by atoms with E-state index in [4.69, 9.17) is 26.0 Å². The van der Waals surface area contributed by atoms with Crippen molar-refractivity contribution in [2.24, 2.45) is 16.5 Å². The van der Waals surface area contributed by atoms with Gasteiger partial charge in [0.25, 0.3) is 0 Å². The Bertz CT molecular complexity index is 527. The first kappa shape index (κ1) is 26.6. The first-order chi connectivity index (χ1) is 13.8. The summed E-state index contributed by atoms with van der Waals surface area (Å²) in [4.78, 5) is 37.6. The second kappa shape index (κ2) is 16.6. The summed E-state index contributed by atoms with van der Waals surface area (Å²) in [6.45, 7) is 4.18. The number of hydrogen-bond acceptors (Lipinski definition) is 7. The first-order valence-electron chi connectivity index (χ1n) is 10.2. The predicted molar refractivity (Wildman–Crippen MR) is 109 cm³/mol. The average Bonchev–Trinajstić information content (AvgIpc) is 2.64. The van der Waals surface area contributed by atoms with Crippen LogP contribution < -0.4 is 16.8 Å². The summed E-state index contributed by atoms with van der Waals surface area (Å²) in [5, 5.41) is 11.4. The van der Waals surface area contributed by atoms with E-state index in [0.29, 0.717) is 38.8 Å². The van der Waals surface area contributed by atoms with Gasteiger partial charge in [-0.3, -0.25) is 19.4 Å². The first-order valence-corrected chi connectivity index (χ1v) is 10.2. The highest BCUT2D eigenvalue weighted by Gasteiger charge is 2.11. The molecule has 10 heteroatoms. The number of carboxylic acids is 1. The maximum Gasteiger partial charge on any atom is 0.320 e. The molecule has 0 fully saturated rings. The molecule has 0 saturated carbocycles. The fourth-order valence-electron chi connectivity index (χ4n) is 2.48. The number of nitrogens with two attached hydrogens (primary N) is 2. The van der Waals surface area contributed by atoms with Crippen LogP contribution in [-0.4, -0.2) is 54.4 Å². The summed E-state index contributed by atoms with van der Waals surface area (Å²) in [5.74, 6) is -1.41. The summed E-state index contributed by atoms with van der Waals surface area (Å²) in [5.41, 5.74) is 11.1. The van der Waals surface area contributed by atoms with Gasteiger partial charge >= 0.3 is 17.9 Å². The smallest absolute Gasteiger partial charge is 0.320 e. The molecule has 168 valence electrons. The number of carbonyl (C=O) groups is 3. The lowest BCUT2D eigenvalue weighted by atomic mass is 10.1. The van der Waals surface area contributed by atoms with Gasteiger partial charge in [-0.05, 0) is 39.5 Å². The second-order valence-electron chi connectivity index (χ2n) is 6.70. The summed E-state index contributed by atoms with van der Waals surface area (Å²) >= 11 is 0. The van der Waals surface area contributed by atoms with Crippen molar-refractivity contribution < 1.29 is 29.0 Å². The van der Waals surface area contributed by atoms with Crippen LogP contribution in [0.1, 0.15) is 71.6 Å². The Morgan fingerprint density at radius 3 is 2.21 bits per heavy atom. The Morgan fingerprint density at radius 2 is 1.62 bits per heavy atom. The maximum absolute atomic E-state index is 11.8. The maximum atomic E-state index is 11.8.